The molecule has 9 nitrogen and oxygen atoms in total. The second-order valence-electron chi connectivity index (χ2n) is 7.41. The summed E-state index contributed by atoms with van der Waals surface area (Å²) in [5.41, 5.74) is 1.27. The maximum Gasteiger partial charge on any atom is 0.231 e. The molecule has 0 aliphatic carbocycles. The lowest BCUT2D eigenvalue weighted by Gasteiger charge is -2.17. The van der Waals surface area contributed by atoms with Crippen LogP contribution in [0.2, 0.25) is 0 Å². The van der Waals surface area contributed by atoms with Crippen molar-refractivity contribution in [1.29, 1.82) is 0 Å². The van der Waals surface area contributed by atoms with Crippen LogP contribution in [0.4, 0.5) is 10.8 Å². The number of benzene rings is 2. The predicted molar refractivity (Wildman–Crippen MR) is 130 cm³/mol. The Morgan fingerprint density at radius 1 is 1.12 bits per heavy atom. The van der Waals surface area contributed by atoms with E-state index in [1.54, 1.807) is 61.6 Å². The van der Waals surface area contributed by atoms with E-state index in [1.807, 2.05) is 6.07 Å². The lowest BCUT2D eigenvalue weighted by molar-refractivity contribution is -0.122. The standard InChI is InChI=1S/C23H22N4O5S2/c1-31-17-8-6-14(7-9-17)19(28)13-33-23-26-25-22(34-23)24-21(30)15-10-20(29)27(12-15)16-4-3-5-18(11-16)32-2/h3-9,11,15H,10,12-13H2,1-2H3,(H,24,25,30)/t15-/m1/s1. The summed E-state index contributed by atoms with van der Waals surface area (Å²) >= 11 is 2.44. The van der Waals surface area contributed by atoms with Gasteiger partial charge < -0.3 is 19.7 Å². The zero-order valence-electron chi connectivity index (χ0n) is 18.5. The number of nitrogens with one attached hydrogen (secondary N) is 1. The molecule has 0 radical (unpaired) electrons. The van der Waals surface area contributed by atoms with Crippen molar-refractivity contribution in [3.63, 3.8) is 0 Å². The number of methoxy groups -OCH3 is 2. The molecule has 2 heterocycles. The Morgan fingerprint density at radius 2 is 1.88 bits per heavy atom. The Labute approximate surface area is 204 Å². The van der Waals surface area contributed by atoms with Crippen molar-refractivity contribution in [2.24, 2.45) is 5.92 Å². The van der Waals surface area contributed by atoms with E-state index in [-0.39, 0.29) is 36.3 Å². The quantitative estimate of drug-likeness (QED) is 0.271. The lowest BCUT2D eigenvalue weighted by atomic mass is 10.1. The molecule has 1 saturated heterocycles. The minimum Gasteiger partial charge on any atom is -0.497 e. The van der Waals surface area contributed by atoms with Gasteiger partial charge in [0.2, 0.25) is 16.9 Å². The number of aromatic nitrogens is 2. The van der Waals surface area contributed by atoms with E-state index in [1.165, 1.54) is 23.1 Å². The van der Waals surface area contributed by atoms with Gasteiger partial charge in [0.1, 0.15) is 11.5 Å². The van der Waals surface area contributed by atoms with E-state index >= 15 is 0 Å². The molecule has 1 fully saturated rings. The minimum atomic E-state index is -0.504. The van der Waals surface area contributed by atoms with Gasteiger partial charge in [-0.25, -0.2) is 0 Å². The van der Waals surface area contributed by atoms with Crippen molar-refractivity contribution in [2.75, 3.05) is 36.7 Å². The van der Waals surface area contributed by atoms with Crippen LogP contribution >= 0.6 is 23.1 Å². The Hall–Kier alpha value is -3.44. The number of ether oxygens (including phenoxy) is 2. The average Bonchev–Trinajstić information content (AvgIpc) is 3.48. The summed E-state index contributed by atoms with van der Waals surface area (Å²) in [6, 6.07) is 14.1. The predicted octanol–water partition coefficient (Wildman–Crippen LogP) is 3.52. The summed E-state index contributed by atoms with van der Waals surface area (Å²) < 4.78 is 10.9. The Morgan fingerprint density at radius 3 is 2.62 bits per heavy atom. The normalized spacial score (nSPS) is 15.3. The molecule has 0 bridgehead atoms. The Balaban J connectivity index is 1.30. The summed E-state index contributed by atoms with van der Waals surface area (Å²) in [5, 5.41) is 11.1. The number of thioether (sulfide) groups is 1. The number of carbonyl (C=O) groups is 3. The van der Waals surface area contributed by atoms with Gasteiger partial charge >= 0.3 is 0 Å². The van der Waals surface area contributed by atoms with Crippen molar-refractivity contribution in [3.05, 3.63) is 54.1 Å². The number of Topliss-reactive ketones (excluding diaryl/α,β-unsaturated/α-hetero) is 1. The highest BCUT2D eigenvalue weighted by Crippen LogP contribution is 2.30. The van der Waals surface area contributed by atoms with Crippen LogP contribution in [0, 0.1) is 5.92 Å². The monoisotopic (exact) mass is 498 g/mol. The van der Waals surface area contributed by atoms with Crippen LogP contribution in [0.1, 0.15) is 16.8 Å². The number of ketones is 1. The molecule has 2 amide bonds. The molecule has 34 heavy (non-hydrogen) atoms. The SMILES string of the molecule is COc1ccc(C(=O)CSc2nnc(NC(=O)[C@@H]3CC(=O)N(c4cccc(OC)c4)C3)s2)cc1. The molecular weight excluding hydrogens is 476 g/mol. The van der Waals surface area contributed by atoms with Crippen molar-refractivity contribution < 1.29 is 23.9 Å². The molecule has 0 saturated carbocycles. The fourth-order valence-corrected chi connectivity index (χ4v) is 5.07. The van der Waals surface area contributed by atoms with Crippen molar-refractivity contribution in [2.45, 2.75) is 10.8 Å². The van der Waals surface area contributed by atoms with Crippen LogP contribution in [-0.4, -0.2) is 54.3 Å². The first-order chi connectivity index (χ1) is 16.5. The summed E-state index contributed by atoms with van der Waals surface area (Å²) in [4.78, 5) is 39.2. The minimum absolute atomic E-state index is 0.0458. The number of nitrogens with zero attached hydrogens (tertiary/aromatic N) is 3. The molecule has 0 unspecified atom stereocenters. The fraction of sp³-hybridized carbons (Fsp3) is 0.261. The first-order valence-electron chi connectivity index (χ1n) is 10.4. The van der Waals surface area contributed by atoms with E-state index in [0.29, 0.717) is 32.2 Å². The summed E-state index contributed by atoms with van der Waals surface area (Å²) in [6.07, 6.45) is 0.111. The van der Waals surface area contributed by atoms with Gasteiger partial charge in [0.15, 0.2) is 10.1 Å². The number of amides is 2. The van der Waals surface area contributed by atoms with Gasteiger partial charge in [0, 0.05) is 30.3 Å². The molecule has 2 aromatic carbocycles. The number of carbonyl (C=O) groups excluding carboxylic acids is 3. The average molecular weight is 499 g/mol. The second kappa shape index (κ2) is 10.7. The van der Waals surface area contributed by atoms with Gasteiger partial charge in [-0.2, -0.15) is 0 Å². The van der Waals surface area contributed by atoms with Crippen molar-refractivity contribution in [1.82, 2.24) is 10.2 Å². The molecule has 4 rings (SSSR count). The smallest absolute Gasteiger partial charge is 0.231 e. The summed E-state index contributed by atoms with van der Waals surface area (Å²) in [5.74, 6) is 0.555. The highest BCUT2D eigenvalue weighted by Gasteiger charge is 2.35. The maximum absolute atomic E-state index is 12.7. The van der Waals surface area contributed by atoms with Crippen molar-refractivity contribution in [3.8, 4) is 11.5 Å². The molecule has 3 aromatic rings. The molecular formula is C23H22N4O5S2. The fourth-order valence-electron chi connectivity index (χ4n) is 3.42. The molecule has 1 aromatic heterocycles. The van der Waals surface area contributed by atoms with Crippen LogP contribution in [0.15, 0.2) is 52.9 Å². The van der Waals surface area contributed by atoms with E-state index in [2.05, 4.69) is 15.5 Å². The molecule has 0 spiro atoms. The lowest BCUT2D eigenvalue weighted by Crippen LogP contribution is -2.28. The summed E-state index contributed by atoms with van der Waals surface area (Å²) in [6.45, 7) is 0.272. The second-order valence-corrected chi connectivity index (χ2v) is 9.61. The summed E-state index contributed by atoms with van der Waals surface area (Å²) in [7, 11) is 3.13. The number of hydrogen-bond acceptors (Lipinski definition) is 9. The van der Waals surface area contributed by atoms with Crippen LogP contribution < -0.4 is 19.7 Å². The van der Waals surface area contributed by atoms with Gasteiger partial charge in [-0.1, -0.05) is 29.2 Å². The number of anilines is 2. The van der Waals surface area contributed by atoms with E-state index in [0.717, 1.165) is 0 Å². The van der Waals surface area contributed by atoms with Crippen LogP contribution in [0.3, 0.4) is 0 Å². The third-order valence-corrected chi connectivity index (χ3v) is 7.21. The van der Waals surface area contributed by atoms with Gasteiger partial charge in [-0.15, -0.1) is 10.2 Å². The molecule has 1 aliphatic rings. The van der Waals surface area contributed by atoms with Crippen LogP contribution in [0.5, 0.6) is 11.5 Å². The highest BCUT2D eigenvalue weighted by atomic mass is 32.2. The van der Waals surface area contributed by atoms with E-state index in [4.69, 9.17) is 9.47 Å². The first-order valence-corrected chi connectivity index (χ1v) is 12.2. The van der Waals surface area contributed by atoms with Crippen molar-refractivity contribution >= 4 is 51.5 Å². The van der Waals surface area contributed by atoms with Gasteiger partial charge in [-0.3, -0.25) is 14.4 Å². The Kier molecular flexibility index (Phi) is 7.43. The maximum atomic E-state index is 12.7. The zero-order valence-corrected chi connectivity index (χ0v) is 20.1. The van der Waals surface area contributed by atoms with Crippen LogP contribution in [-0.2, 0) is 9.59 Å². The van der Waals surface area contributed by atoms with E-state index < -0.39 is 5.92 Å². The first kappa shape index (κ1) is 23.7. The Bertz CT molecular complexity index is 1200. The van der Waals surface area contributed by atoms with Crippen LogP contribution in [0.25, 0.3) is 0 Å². The van der Waals surface area contributed by atoms with Gasteiger partial charge in [0.05, 0.1) is 25.9 Å². The third kappa shape index (κ3) is 5.54. The number of hydrogen-bond donors (Lipinski definition) is 1. The molecule has 11 heteroatoms. The third-order valence-electron chi connectivity index (χ3n) is 5.24. The topological polar surface area (TPSA) is 111 Å². The largest absolute Gasteiger partial charge is 0.497 e. The molecule has 1 atom stereocenters. The molecule has 176 valence electrons. The zero-order chi connectivity index (χ0) is 24.1. The molecule has 1 aliphatic heterocycles. The van der Waals surface area contributed by atoms with Gasteiger partial charge in [-0.05, 0) is 36.4 Å². The molecule has 1 N–H and O–H groups in total. The number of rotatable bonds is 9. The van der Waals surface area contributed by atoms with E-state index in [9.17, 15) is 14.4 Å². The van der Waals surface area contributed by atoms with Gasteiger partial charge in [0.25, 0.3) is 0 Å². The highest BCUT2D eigenvalue weighted by molar-refractivity contribution is 8.01.